The molecular formula is C18H20F4N2O2S. The first-order valence-electron chi connectivity index (χ1n) is 8.25. The fourth-order valence-electron chi connectivity index (χ4n) is 2.93. The molecule has 0 saturated heterocycles. The molecule has 0 unspecified atom stereocenters. The minimum Gasteiger partial charge on any atom is -0.264 e. The maximum Gasteiger partial charge on any atom is 0.416 e. The number of sulfonamides is 1. The Morgan fingerprint density at radius 1 is 1.19 bits per heavy atom. The first kappa shape index (κ1) is 21.3. The van der Waals surface area contributed by atoms with Crippen molar-refractivity contribution >= 4 is 10.0 Å². The van der Waals surface area contributed by atoms with E-state index in [-0.39, 0.29) is 5.56 Å². The van der Waals surface area contributed by atoms with Gasteiger partial charge in [-0.25, -0.2) is 17.5 Å². The predicted molar refractivity (Wildman–Crippen MR) is 95.0 cm³/mol. The van der Waals surface area contributed by atoms with E-state index in [1.807, 2.05) is 6.92 Å². The number of pyridine rings is 1. The summed E-state index contributed by atoms with van der Waals surface area (Å²) in [4.78, 5) is 4.04. The number of benzene rings is 1. The highest BCUT2D eigenvalue weighted by molar-refractivity contribution is 7.88. The molecule has 2 rings (SSSR count). The summed E-state index contributed by atoms with van der Waals surface area (Å²) in [7, 11) is -3.49. The molecule has 0 aliphatic carbocycles. The molecule has 148 valence electrons. The van der Waals surface area contributed by atoms with Crippen molar-refractivity contribution in [3.63, 3.8) is 0 Å². The van der Waals surface area contributed by atoms with Gasteiger partial charge >= 0.3 is 6.18 Å². The molecule has 0 aliphatic rings. The van der Waals surface area contributed by atoms with E-state index in [9.17, 15) is 26.0 Å². The molecule has 1 aromatic carbocycles. The van der Waals surface area contributed by atoms with Gasteiger partial charge in [0.15, 0.2) is 0 Å². The molecule has 0 bridgehead atoms. The van der Waals surface area contributed by atoms with E-state index in [1.165, 1.54) is 12.4 Å². The Morgan fingerprint density at radius 2 is 1.85 bits per heavy atom. The first-order chi connectivity index (χ1) is 12.4. The summed E-state index contributed by atoms with van der Waals surface area (Å²) in [5.74, 6) is -1.01. The third-order valence-corrected chi connectivity index (χ3v) is 4.82. The zero-order valence-electron chi connectivity index (χ0n) is 15.1. The Labute approximate surface area is 155 Å². The zero-order chi connectivity index (χ0) is 20.4. The smallest absolute Gasteiger partial charge is 0.264 e. The Bertz CT molecular complexity index is 927. The monoisotopic (exact) mass is 404 g/mol. The van der Waals surface area contributed by atoms with Gasteiger partial charge in [-0.15, -0.1) is 0 Å². The SMILES string of the molecule is CCCc1c(-c2ccc(C(F)(F)F)cc2F)cncc1[C@@H](C)NS(C)(=O)=O. The molecule has 9 heteroatoms. The lowest BCUT2D eigenvalue weighted by molar-refractivity contribution is -0.137. The number of nitrogens with one attached hydrogen (secondary N) is 1. The molecule has 0 radical (unpaired) electrons. The summed E-state index contributed by atoms with van der Waals surface area (Å²) >= 11 is 0. The summed E-state index contributed by atoms with van der Waals surface area (Å²) in [6.45, 7) is 3.52. The van der Waals surface area contributed by atoms with E-state index in [0.717, 1.165) is 18.4 Å². The van der Waals surface area contributed by atoms with Gasteiger partial charge < -0.3 is 0 Å². The van der Waals surface area contributed by atoms with Gasteiger partial charge in [-0.05, 0) is 36.6 Å². The van der Waals surface area contributed by atoms with Gasteiger partial charge in [0, 0.05) is 29.6 Å². The molecule has 0 spiro atoms. The maximum absolute atomic E-state index is 14.5. The maximum atomic E-state index is 14.5. The fourth-order valence-corrected chi connectivity index (χ4v) is 3.70. The highest BCUT2D eigenvalue weighted by atomic mass is 32.2. The summed E-state index contributed by atoms with van der Waals surface area (Å²) in [6.07, 6.45) is 0.420. The van der Waals surface area contributed by atoms with Crippen LogP contribution in [0.5, 0.6) is 0 Å². The number of alkyl halides is 3. The van der Waals surface area contributed by atoms with Crippen molar-refractivity contribution in [1.29, 1.82) is 0 Å². The molecule has 1 N–H and O–H groups in total. The molecule has 1 aromatic heterocycles. The molecule has 2 aromatic rings. The number of nitrogens with zero attached hydrogens (tertiary/aromatic N) is 1. The van der Waals surface area contributed by atoms with E-state index in [1.54, 1.807) is 6.92 Å². The predicted octanol–water partition coefficient (Wildman–Crippen LogP) is 4.47. The highest BCUT2D eigenvalue weighted by Gasteiger charge is 2.31. The molecule has 0 amide bonds. The Morgan fingerprint density at radius 3 is 2.37 bits per heavy atom. The van der Waals surface area contributed by atoms with Crippen LogP contribution in [0.15, 0.2) is 30.6 Å². The highest BCUT2D eigenvalue weighted by Crippen LogP contribution is 2.35. The lowest BCUT2D eigenvalue weighted by atomic mass is 9.92. The minimum absolute atomic E-state index is 0.00708. The van der Waals surface area contributed by atoms with Crippen LogP contribution in [0.2, 0.25) is 0 Å². The lowest BCUT2D eigenvalue weighted by Crippen LogP contribution is -2.26. The number of hydrogen-bond donors (Lipinski definition) is 1. The van der Waals surface area contributed by atoms with Crippen molar-refractivity contribution in [3.8, 4) is 11.1 Å². The molecule has 4 nitrogen and oxygen atoms in total. The summed E-state index contributed by atoms with van der Waals surface area (Å²) in [5.41, 5.74) is 0.473. The molecule has 0 saturated carbocycles. The van der Waals surface area contributed by atoms with E-state index in [0.29, 0.717) is 35.6 Å². The average molecular weight is 404 g/mol. The van der Waals surface area contributed by atoms with Gasteiger partial charge in [0.25, 0.3) is 0 Å². The van der Waals surface area contributed by atoms with Crippen molar-refractivity contribution in [2.75, 3.05) is 6.26 Å². The third-order valence-electron chi connectivity index (χ3n) is 4.03. The van der Waals surface area contributed by atoms with Gasteiger partial charge in [-0.3, -0.25) is 4.98 Å². The number of halogens is 4. The largest absolute Gasteiger partial charge is 0.416 e. The van der Waals surface area contributed by atoms with E-state index >= 15 is 0 Å². The summed E-state index contributed by atoms with van der Waals surface area (Å²) < 4.78 is 78.3. The van der Waals surface area contributed by atoms with Gasteiger partial charge in [-0.2, -0.15) is 13.2 Å². The van der Waals surface area contributed by atoms with Crippen LogP contribution in [0.25, 0.3) is 11.1 Å². The van der Waals surface area contributed by atoms with E-state index in [2.05, 4.69) is 9.71 Å². The van der Waals surface area contributed by atoms with Crippen LogP contribution in [0.3, 0.4) is 0 Å². The number of aromatic nitrogens is 1. The topological polar surface area (TPSA) is 59.1 Å². The number of hydrogen-bond acceptors (Lipinski definition) is 3. The van der Waals surface area contributed by atoms with Crippen molar-refractivity contribution in [1.82, 2.24) is 9.71 Å². The van der Waals surface area contributed by atoms with Crippen LogP contribution in [0, 0.1) is 5.82 Å². The Balaban J connectivity index is 2.59. The van der Waals surface area contributed by atoms with Crippen molar-refractivity contribution in [3.05, 3.63) is 53.1 Å². The fraction of sp³-hybridized carbons (Fsp3) is 0.389. The van der Waals surface area contributed by atoms with Crippen molar-refractivity contribution < 1.29 is 26.0 Å². The number of rotatable bonds is 6. The molecular weight excluding hydrogens is 384 g/mol. The summed E-state index contributed by atoms with van der Waals surface area (Å²) in [5, 5.41) is 0. The van der Waals surface area contributed by atoms with Gasteiger partial charge in [-0.1, -0.05) is 19.4 Å². The van der Waals surface area contributed by atoms with Crippen molar-refractivity contribution in [2.45, 2.75) is 38.9 Å². The van der Waals surface area contributed by atoms with Crippen LogP contribution < -0.4 is 4.72 Å². The second-order valence-corrected chi connectivity index (χ2v) is 8.09. The quantitative estimate of drug-likeness (QED) is 0.723. The average Bonchev–Trinajstić information content (AvgIpc) is 2.53. The molecule has 1 atom stereocenters. The normalized spacial score (nSPS) is 13.6. The Kier molecular flexibility index (Phi) is 6.26. The minimum atomic E-state index is -4.64. The van der Waals surface area contributed by atoms with Gasteiger partial charge in [0.05, 0.1) is 11.8 Å². The summed E-state index contributed by atoms with van der Waals surface area (Å²) in [6, 6.07) is 1.73. The van der Waals surface area contributed by atoms with Gasteiger partial charge in [0.1, 0.15) is 5.82 Å². The third kappa shape index (κ3) is 5.26. The lowest BCUT2D eigenvalue weighted by Gasteiger charge is -2.20. The first-order valence-corrected chi connectivity index (χ1v) is 10.1. The second kappa shape index (κ2) is 7.93. The van der Waals surface area contributed by atoms with Crippen LogP contribution >= 0.6 is 0 Å². The van der Waals surface area contributed by atoms with Crippen LogP contribution in [-0.4, -0.2) is 19.7 Å². The van der Waals surface area contributed by atoms with Crippen LogP contribution in [-0.2, 0) is 22.6 Å². The van der Waals surface area contributed by atoms with E-state index in [4.69, 9.17) is 0 Å². The molecule has 1 heterocycles. The van der Waals surface area contributed by atoms with E-state index < -0.39 is 33.6 Å². The standard InChI is InChI=1S/C18H20F4N2O2S/c1-4-5-13-15(11(2)24-27(3,25)26)9-23-10-16(13)14-7-6-12(8-17(14)19)18(20,21)22/h6-11,24H,4-5H2,1-3H3/t11-/m1/s1. The molecule has 27 heavy (non-hydrogen) atoms. The van der Waals surface area contributed by atoms with Crippen LogP contribution in [0.1, 0.15) is 43.0 Å². The Hall–Kier alpha value is -2.00. The second-order valence-electron chi connectivity index (χ2n) is 6.31. The van der Waals surface area contributed by atoms with Crippen molar-refractivity contribution in [2.24, 2.45) is 0 Å². The molecule has 0 aliphatic heterocycles. The zero-order valence-corrected chi connectivity index (χ0v) is 15.9. The van der Waals surface area contributed by atoms with Gasteiger partial charge in [0.2, 0.25) is 10.0 Å². The van der Waals surface area contributed by atoms with Crippen LogP contribution in [0.4, 0.5) is 17.6 Å². The molecule has 0 fully saturated rings.